The number of hydrogen-bond acceptors (Lipinski definition) is 5. The maximum atomic E-state index is 12.2. The average molecular weight is 382 g/mol. The highest BCUT2D eigenvalue weighted by molar-refractivity contribution is 5.92. The summed E-state index contributed by atoms with van der Waals surface area (Å²) in [6.45, 7) is 0.651. The van der Waals surface area contributed by atoms with Crippen molar-refractivity contribution in [3.05, 3.63) is 48.0 Å². The Kier molecular flexibility index (Phi) is 5.41. The lowest BCUT2D eigenvalue weighted by atomic mass is 10.2. The van der Waals surface area contributed by atoms with Crippen LogP contribution in [0.3, 0.4) is 0 Å². The molecule has 27 heavy (non-hydrogen) atoms. The summed E-state index contributed by atoms with van der Waals surface area (Å²) in [6, 6.07) is 10.6. The van der Waals surface area contributed by atoms with E-state index in [2.05, 4.69) is 10.1 Å². The van der Waals surface area contributed by atoms with Crippen LogP contribution < -0.4 is 19.5 Å². The molecule has 0 aliphatic carbocycles. The predicted octanol–water partition coefficient (Wildman–Crippen LogP) is 3.38. The van der Waals surface area contributed by atoms with Crippen LogP contribution in [0.1, 0.15) is 5.56 Å². The molecule has 9 heteroatoms. The molecule has 1 aliphatic heterocycles. The quantitative estimate of drug-likeness (QED) is 0.830. The molecule has 144 valence electrons. The van der Waals surface area contributed by atoms with Crippen molar-refractivity contribution in [1.29, 1.82) is 0 Å². The molecule has 1 N–H and O–H groups in total. The van der Waals surface area contributed by atoms with Crippen molar-refractivity contribution in [2.45, 2.75) is 12.9 Å². The van der Waals surface area contributed by atoms with E-state index >= 15 is 0 Å². The minimum Gasteiger partial charge on any atom is -0.454 e. The maximum absolute atomic E-state index is 12.2. The van der Waals surface area contributed by atoms with Gasteiger partial charge in [-0.25, -0.2) is 0 Å². The van der Waals surface area contributed by atoms with Gasteiger partial charge < -0.3 is 19.5 Å². The third-order valence-corrected chi connectivity index (χ3v) is 3.68. The molecule has 2 aromatic carbocycles. The third-order valence-electron chi connectivity index (χ3n) is 3.68. The Balaban J connectivity index is 1.49. The number of rotatable bonds is 6. The lowest BCUT2D eigenvalue weighted by Gasteiger charge is -2.17. The van der Waals surface area contributed by atoms with Gasteiger partial charge in [0.2, 0.25) is 12.7 Å². The molecule has 0 fully saturated rings. The first-order valence-corrected chi connectivity index (χ1v) is 8.01. The van der Waals surface area contributed by atoms with E-state index in [0.29, 0.717) is 23.7 Å². The molecule has 1 amide bonds. The fourth-order valence-electron chi connectivity index (χ4n) is 2.58. The average Bonchev–Trinajstić information content (AvgIpc) is 3.02. The molecule has 0 saturated heterocycles. The van der Waals surface area contributed by atoms with E-state index in [1.165, 1.54) is 24.3 Å². The van der Waals surface area contributed by atoms with Gasteiger partial charge >= 0.3 is 6.36 Å². The molecule has 0 atom stereocenters. The lowest BCUT2D eigenvalue weighted by molar-refractivity contribution is -0.274. The van der Waals surface area contributed by atoms with Crippen molar-refractivity contribution < 1.29 is 32.2 Å². The predicted molar refractivity (Wildman–Crippen MR) is 90.7 cm³/mol. The molecule has 0 aromatic heterocycles. The van der Waals surface area contributed by atoms with E-state index in [0.717, 1.165) is 5.56 Å². The Morgan fingerprint density at radius 2 is 1.85 bits per heavy atom. The van der Waals surface area contributed by atoms with Crippen molar-refractivity contribution in [1.82, 2.24) is 4.90 Å². The highest BCUT2D eigenvalue weighted by atomic mass is 19.4. The molecular formula is C18H17F3N2O4. The van der Waals surface area contributed by atoms with Gasteiger partial charge in [-0.15, -0.1) is 13.2 Å². The van der Waals surface area contributed by atoms with Gasteiger partial charge in [0.1, 0.15) is 5.75 Å². The number of benzene rings is 2. The number of nitrogens with one attached hydrogen (secondary N) is 1. The van der Waals surface area contributed by atoms with Gasteiger partial charge in [0.05, 0.1) is 6.54 Å². The second-order valence-corrected chi connectivity index (χ2v) is 5.98. The van der Waals surface area contributed by atoms with Crippen molar-refractivity contribution in [3.8, 4) is 17.2 Å². The highest BCUT2D eigenvalue weighted by Crippen LogP contribution is 2.34. The molecule has 6 nitrogen and oxygen atoms in total. The van der Waals surface area contributed by atoms with E-state index in [9.17, 15) is 18.0 Å². The molecule has 3 rings (SSSR count). The zero-order valence-corrected chi connectivity index (χ0v) is 14.4. The molecule has 0 spiro atoms. The number of amides is 1. The number of halogens is 3. The molecule has 0 unspecified atom stereocenters. The van der Waals surface area contributed by atoms with E-state index in [4.69, 9.17) is 9.47 Å². The van der Waals surface area contributed by atoms with E-state index < -0.39 is 6.36 Å². The van der Waals surface area contributed by atoms with Crippen LogP contribution >= 0.6 is 0 Å². The molecule has 0 radical (unpaired) electrons. The summed E-state index contributed by atoms with van der Waals surface area (Å²) in [4.78, 5) is 13.9. The van der Waals surface area contributed by atoms with E-state index in [-0.39, 0.29) is 25.0 Å². The number of fused-ring (bicyclic) bond motifs is 1. The third kappa shape index (κ3) is 5.52. The molecular weight excluding hydrogens is 365 g/mol. The number of anilines is 1. The first kappa shape index (κ1) is 18.8. The number of nitrogens with zero attached hydrogens (tertiary/aromatic N) is 1. The van der Waals surface area contributed by atoms with Crippen LogP contribution in [0.15, 0.2) is 42.5 Å². The summed E-state index contributed by atoms with van der Waals surface area (Å²) in [5, 5.41) is 2.76. The van der Waals surface area contributed by atoms with Crippen molar-refractivity contribution >= 4 is 11.6 Å². The minimum atomic E-state index is -4.72. The number of alkyl halides is 3. The largest absolute Gasteiger partial charge is 0.573 e. The normalized spacial score (nSPS) is 12.9. The molecule has 1 heterocycles. The zero-order chi connectivity index (χ0) is 19.4. The highest BCUT2D eigenvalue weighted by Gasteiger charge is 2.30. The summed E-state index contributed by atoms with van der Waals surface area (Å²) < 4.78 is 50.8. The van der Waals surface area contributed by atoms with E-state index in [1.54, 1.807) is 30.1 Å². The SMILES string of the molecule is CN(CC(=O)Nc1ccc2c(c1)OCO2)Cc1ccc(OC(F)(F)F)cc1. The number of carbonyl (C=O) groups excluding carboxylic acids is 1. The van der Waals surface area contributed by atoms with Crippen LogP contribution in [0.4, 0.5) is 18.9 Å². The summed E-state index contributed by atoms with van der Waals surface area (Å²) in [5.41, 5.74) is 1.34. The molecule has 1 aliphatic rings. The van der Waals surface area contributed by atoms with Gasteiger partial charge in [-0.1, -0.05) is 12.1 Å². The van der Waals surface area contributed by atoms with Gasteiger partial charge in [0, 0.05) is 18.3 Å². The Bertz CT molecular complexity index is 809. The van der Waals surface area contributed by atoms with E-state index in [1.807, 2.05) is 0 Å². The van der Waals surface area contributed by atoms with Crippen LogP contribution in [-0.4, -0.2) is 37.6 Å². The Labute approximate surface area is 153 Å². The summed E-state index contributed by atoms with van der Waals surface area (Å²) in [5.74, 6) is 0.688. The van der Waals surface area contributed by atoms with Crippen LogP contribution in [0.5, 0.6) is 17.2 Å². The van der Waals surface area contributed by atoms with Gasteiger partial charge in [-0.2, -0.15) is 0 Å². The number of likely N-dealkylation sites (N-methyl/N-ethyl adjacent to an activating group) is 1. The second-order valence-electron chi connectivity index (χ2n) is 5.98. The van der Waals surface area contributed by atoms with Crippen molar-refractivity contribution in [2.24, 2.45) is 0 Å². The minimum absolute atomic E-state index is 0.106. The first-order valence-electron chi connectivity index (χ1n) is 8.01. The van der Waals surface area contributed by atoms with Crippen LogP contribution in [0, 0.1) is 0 Å². The van der Waals surface area contributed by atoms with Gasteiger partial charge in [0.15, 0.2) is 11.5 Å². The summed E-state index contributed by atoms with van der Waals surface area (Å²) in [7, 11) is 1.74. The van der Waals surface area contributed by atoms with Crippen molar-refractivity contribution in [2.75, 3.05) is 25.7 Å². The van der Waals surface area contributed by atoms with Gasteiger partial charge in [-0.05, 0) is 36.9 Å². The number of hydrogen-bond donors (Lipinski definition) is 1. The van der Waals surface area contributed by atoms with Crippen LogP contribution in [0.2, 0.25) is 0 Å². The number of carbonyl (C=O) groups is 1. The van der Waals surface area contributed by atoms with Gasteiger partial charge in [0.25, 0.3) is 0 Å². The fourth-order valence-corrected chi connectivity index (χ4v) is 2.58. The number of ether oxygens (including phenoxy) is 3. The van der Waals surface area contributed by atoms with Crippen LogP contribution in [0.25, 0.3) is 0 Å². The molecule has 0 saturated carbocycles. The topological polar surface area (TPSA) is 60.0 Å². The van der Waals surface area contributed by atoms with Crippen molar-refractivity contribution in [3.63, 3.8) is 0 Å². The zero-order valence-electron chi connectivity index (χ0n) is 14.4. The maximum Gasteiger partial charge on any atom is 0.573 e. The second kappa shape index (κ2) is 7.75. The summed E-state index contributed by atoms with van der Waals surface area (Å²) >= 11 is 0. The standard InChI is InChI=1S/C18H17F3N2O4/c1-23(9-12-2-5-14(6-3-12)27-18(19,20)21)10-17(24)22-13-4-7-15-16(8-13)26-11-25-15/h2-8H,9-11H2,1H3,(H,22,24). The summed E-state index contributed by atoms with van der Waals surface area (Å²) in [6.07, 6.45) is -4.72. The molecule has 0 bridgehead atoms. The monoisotopic (exact) mass is 382 g/mol. The van der Waals surface area contributed by atoms with Crippen LogP contribution in [-0.2, 0) is 11.3 Å². The smallest absolute Gasteiger partial charge is 0.454 e. The molecule has 2 aromatic rings. The Morgan fingerprint density at radius 3 is 2.56 bits per heavy atom. The van der Waals surface area contributed by atoms with Gasteiger partial charge in [-0.3, -0.25) is 9.69 Å². The lowest BCUT2D eigenvalue weighted by Crippen LogP contribution is -2.29. The first-order chi connectivity index (χ1) is 12.8. The fraction of sp³-hybridized carbons (Fsp3) is 0.278. The Hall–Kier alpha value is -2.94. The Morgan fingerprint density at radius 1 is 1.15 bits per heavy atom.